The summed E-state index contributed by atoms with van der Waals surface area (Å²) in [5.74, 6) is 0.971. The van der Waals surface area contributed by atoms with Crippen LogP contribution in [0.25, 0.3) is 0 Å². The van der Waals surface area contributed by atoms with E-state index in [1.807, 2.05) is 12.1 Å². The molecular formula is C19H13ClO3. The molecule has 0 radical (unpaired) electrons. The summed E-state index contributed by atoms with van der Waals surface area (Å²) >= 11 is 5.97. The van der Waals surface area contributed by atoms with Crippen molar-refractivity contribution in [3.05, 3.63) is 88.4 Å². The number of hydrogen-bond donors (Lipinski definition) is 2. The predicted octanol–water partition coefficient (Wildman–Crippen LogP) is 4.44. The highest BCUT2D eigenvalue weighted by atomic mass is 35.5. The fourth-order valence-corrected chi connectivity index (χ4v) is 3.19. The number of halogens is 1. The molecule has 2 N–H and O–H groups in total. The Labute approximate surface area is 138 Å². The predicted molar refractivity (Wildman–Crippen MR) is 88.2 cm³/mol. The van der Waals surface area contributed by atoms with Crippen molar-refractivity contribution in [2.45, 2.75) is 5.60 Å². The summed E-state index contributed by atoms with van der Waals surface area (Å²) in [6.07, 6.45) is 0. The third-order valence-electron chi connectivity index (χ3n) is 4.12. The zero-order valence-electron chi connectivity index (χ0n) is 12.0. The number of rotatable bonds is 1. The minimum absolute atomic E-state index is 0.0190. The Hall–Kier alpha value is -2.49. The molecule has 1 heterocycles. The Kier molecular flexibility index (Phi) is 3.08. The van der Waals surface area contributed by atoms with Gasteiger partial charge in [0.15, 0.2) is 5.60 Å². The first-order valence-electron chi connectivity index (χ1n) is 7.19. The Balaban J connectivity index is 2.07. The highest BCUT2D eigenvalue weighted by Crippen LogP contribution is 2.52. The first kappa shape index (κ1) is 14.1. The minimum Gasteiger partial charge on any atom is -0.507 e. The topological polar surface area (TPSA) is 49.7 Å². The van der Waals surface area contributed by atoms with Gasteiger partial charge in [-0.1, -0.05) is 48.0 Å². The van der Waals surface area contributed by atoms with Crippen LogP contribution in [0.1, 0.15) is 16.7 Å². The molecular weight excluding hydrogens is 312 g/mol. The van der Waals surface area contributed by atoms with Crippen LogP contribution in [0.5, 0.6) is 17.2 Å². The molecule has 1 aliphatic rings. The number of hydrogen-bond acceptors (Lipinski definition) is 3. The fraction of sp³-hybridized carbons (Fsp3) is 0.0526. The van der Waals surface area contributed by atoms with Gasteiger partial charge in [-0.2, -0.15) is 0 Å². The lowest BCUT2D eigenvalue weighted by Crippen LogP contribution is -2.32. The maximum Gasteiger partial charge on any atom is 0.151 e. The van der Waals surface area contributed by atoms with Crippen molar-refractivity contribution in [1.29, 1.82) is 0 Å². The van der Waals surface area contributed by atoms with E-state index in [4.69, 9.17) is 16.3 Å². The number of phenols is 1. The van der Waals surface area contributed by atoms with E-state index in [1.54, 1.807) is 48.5 Å². The normalized spacial score (nSPS) is 18.7. The number of para-hydroxylation sites is 1. The van der Waals surface area contributed by atoms with Crippen LogP contribution in [0, 0.1) is 0 Å². The maximum absolute atomic E-state index is 11.6. The van der Waals surface area contributed by atoms with Gasteiger partial charge in [-0.05, 0) is 35.9 Å². The van der Waals surface area contributed by atoms with E-state index >= 15 is 0 Å². The van der Waals surface area contributed by atoms with E-state index in [0.29, 0.717) is 33.2 Å². The number of fused-ring (bicyclic) bond motifs is 2. The minimum atomic E-state index is -1.51. The van der Waals surface area contributed by atoms with Gasteiger partial charge < -0.3 is 14.9 Å². The van der Waals surface area contributed by atoms with E-state index in [2.05, 4.69) is 0 Å². The number of ether oxygens (including phenoxy) is 1. The Bertz CT molecular complexity index is 889. The molecule has 0 amide bonds. The smallest absolute Gasteiger partial charge is 0.151 e. The molecule has 4 heteroatoms. The number of phenolic OH excluding ortho intramolecular Hbond substituents is 1. The lowest BCUT2D eigenvalue weighted by Gasteiger charge is -2.36. The van der Waals surface area contributed by atoms with Crippen LogP contribution in [0.4, 0.5) is 0 Å². The summed E-state index contributed by atoms with van der Waals surface area (Å²) in [6, 6.07) is 19.1. The molecule has 0 aliphatic carbocycles. The van der Waals surface area contributed by atoms with Gasteiger partial charge in [-0.3, -0.25) is 0 Å². The molecule has 3 nitrogen and oxygen atoms in total. The van der Waals surface area contributed by atoms with Gasteiger partial charge in [0.05, 0.1) is 5.56 Å². The lowest BCUT2D eigenvalue weighted by molar-refractivity contribution is 0.109. The second-order valence-electron chi connectivity index (χ2n) is 5.47. The van der Waals surface area contributed by atoms with E-state index < -0.39 is 5.60 Å². The fourth-order valence-electron chi connectivity index (χ4n) is 3.07. The van der Waals surface area contributed by atoms with Crippen molar-refractivity contribution in [3.8, 4) is 17.2 Å². The SMILES string of the molecule is Oc1cccc2c1C(O)(c1ccc(Cl)cc1)c1ccccc1O2. The van der Waals surface area contributed by atoms with Crippen molar-refractivity contribution in [2.24, 2.45) is 0 Å². The molecule has 0 fully saturated rings. The monoisotopic (exact) mass is 324 g/mol. The van der Waals surface area contributed by atoms with E-state index in [0.717, 1.165) is 0 Å². The van der Waals surface area contributed by atoms with Crippen LogP contribution in [-0.4, -0.2) is 10.2 Å². The number of benzene rings is 3. The van der Waals surface area contributed by atoms with E-state index in [9.17, 15) is 10.2 Å². The summed E-state index contributed by atoms with van der Waals surface area (Å²) in [6.45, 7) is 0. The zero-order chi connectivity index (χ0) is 16.0. The average Bonchev–Trinajstić information content (AvgIpc) is 2.55. The number of aromatic hydroxyl groups is 1. The molecule has 0 spiro atoms. The Morgan fingerprint density at radius 2 is 1.52 bits per heavy atom. The molecule has 4 rings (SSSR count). The van der Waals surface area contributed by atoms with Crippen molar-refractivity contribution in [1.82, 2.24) is 0 Å². The van der Waals surface area contributed by atoms with Gasteiger partial charge in [0.1, 0.15) is 17.2 Å². The lowest BCUT2D eigenvalue weighted by atomic mass is 9.78. The second-order valence-corrected chi connectivity index (χ2v) is 5.90. The van der Waals surface area contributed by atoms with E-state index in [-0.39, 0.29) is 5.75 Å². The third-order valence-corrected chi connectivity index (χ3v) is 4.38. The molecule has 0 saturated carbocycles. The Morgan fingerprint density at radius 3 is 2.30 bits per heavy atom. The molecule has 1 unspecified atom stereocenters. The van der Waals surface area contributed by atoms with Crippen molar-refractivity contribution in [2.75, 3.05) is 0 Å². The van der Waals surface area contributed by atoms with Crippen LogP contribution in [0.15, 0.2) is 66.7 Å². The van der Waals surface area contributed by atoms with Crippen LogP contribution in [-0.2, 0) is 5.60 Å². The zero-order valence-corrected chi connectivity index (χ0v) is 12.8. The van der Waals surface area contributed by atoms with E-state index in [1.165, 1.54) is 6.07 Å². The molecule has 0 bridgehead atoms. The van der Waals surface area contributed by atoms with Crippen molar-refractivity contribution < 1.29 is 14.9 Å². The quantitative estimate of drug-likeness (QED) is 0.696. The molecule has 0 saturated heterocycles. The van der Waals surface area contributed by atoms with Crippen LogP contribution in [0.3, 0.4) is 0 Å². The molecule has 23 heavy (non-hydrogen) atoms. The molecule has 0 aromatic heterocycles. The van der Waals surface area contributed by atoms with Gasteiger partial charge in [0, 0.05) is 10.6 Å². The standard InChI is InChI=1S/C19H13ClO3/c20-13-10-8-12(9-11-13)19(22)14-4-1-2-6-16(14)23-17-7-3-5-15(21)18(17)19/h1-11,21-22H. The first-order valence-corrected chi connectivity index (χ1v) is 7.57. The van der Waals surface area contributed by atoms with Crippen LogP contribution >= 0.6 is 11.6 Å². The van der Waals surface area contributed by atoms with Crippen LogP contribution < -0.4 is 4.74 Å². The van der Waals surface area contributed by atoms with Gasteiger partial charge in [-0.25, -0.2) is 0 Å². The number of aliphatic hydroxyl groups is 1. The second kappa shape index (κ2) is 5.01. The average molecular weight is 325 g/mol. The molecule has 1 aliphatic heterocycles. The molecule has 114 valence electrons. The van der Waals surface area contributed by atoms with Gasteiger partial charge in [-0.15, -0.1) is 0 Å². The maximum atomic E-state index is 11.6. The summed E-state index contributed by atoms with van der Waals surface area (Å²) in [7, 11) is 0. The summed E-state index contributed by atoms with van der Waals surface area (Å²) in [4.78, 5) is 0. The summed E-state index contributed by atoms with van der Waals surface area (Å²) in [5, 5.41) is 22.6. The molecule has 3 aromatic carbocycles. The Morgan fingerprint density at radius 1 is 0.826 bits per heavy atom. The van der Waals surface area contributed by atoms with Gasteiger partial charge in [0.2, 0.25) is 0 Å². The highest BCUT2D eigenvalue weighted by molar-refractivity contribution is 6.30. The van der Waals surface area contributed by atoms with Gasteiger partial charge in [0.25, 0.3) is 0 Å². The largest absolute Gasteiger partial charge is 0.507 e. The first-order chi connectivity index (χ1) is 11.1. The van der Waals surface area contributed by atoms with Crippen molar-refractivity contribution >= 4 is 11.6 Å². The van der Waals surface area contributed by atoms with Crippen molar-refractivity contribution in [3.63, 3.8) is 0 Å². The molecule has 1 atom stereocenters. The summed E-state index contributed by atoms with van der Waals surface area (Å²) in [5.41, 5.74) is 0.0119. The molecule has 3 aromatic rings. The van der Waals surface area contributed by atoms with Gasteiger partial charge >= 0.3 is 0 Å². The van der Waals surface area contributed by atoms with Crippen LogP contribution in [0.2, 0.25) is 5.02 Å². The summed E-state index contributed by atoms with van der Waals surface area (Å²) < 4.78 is 5.85. The highest BCUT2D eigenvalue weighted by Gasteiger charge is 2.44. The third kappa shape index (κ3) is 2.01.